The van der Waals surface area contributed by atoms with Crippen molar-refractivity contribution in [3.8, 4) is 0 Å². The van der Waals surface area contributed by atoms with Crippen LogP contribution < -0.4 is 20.9 Å². The average Bonchev–Trinajstić information content (AvgIpc) is 3.00. The topological polar surface area (TPSA) is 99.2 Å². The van der Waals surface area contributed by atoms with Crippen molar-refractivity contribution in [3.63, 3.8) is 0 Å². The minimum Gasteiger partial charge on any atom is -0.362 e. The molecule has 1 aliphatic rings. The molecular weight excluding hydrogens is 536 g/mol. The summed E-state index contributed by atoms with van der Waals surface area (Å²) in [5.41, 5.74) is 4.13. The van der Waals surface area contributed by atoms with E-state index in [0.29, 0.717) is 35.9 Å². The third kappa shape index (κ3) is 7.69. The van der Waals surface area contributed by atoms with Crippen molar-refractivity contribution >= 4 is 40.2 Å². The summed E-state index contributed by atoms with van der Waals surface area (Å²) in [6.45, 7) is 4.92. The molecule has 3 aromatic carbocycles. The van der Waals surface area contributed by atoms with Crippen molar-refractivity contribution in [2.75, 3.05) is 36.2 Å². The van der Waals surface area contributed by atoms with E-state index in [1.165, 1.54) is 5.56 Å². The summed E-state index contributed by atoms with van der Waals surface area (Å²) in [4.78, 5) is 37.5. The van der Waals surface area contributed by atoms with Crippen molar-refractivity contribution in [3.05, 3.63) is 89.5 Å². The first-order chi connectivity index (χ1) is 20.8. The molecule has 0 aliphatic heterocycles. The lowest BCUT2D eigenvalue weighted by Crippen LogP contribution is -2.35. The Morgan fingerprint density at radius 2 is 1.58 bits per heavy atom. The summed E-state index contributed by atoms with van der Waals surface area (Å²) in [7, 11) is 4.00. The molecule has 0 spiro atoms. The molecule has 1 aromatic heterocycles. The van der Waals surface area contributed by atoms with Crippen LogP contribution in [0.15, 0.2) is 72.8 Å². The van der Waals surface area contributed by atoms with Gasteiger partial charge >= 0.3 is 0 Å². The Balaban J connectivity index is 1.10. The van der Waals surface area contributed by atoms with Crippen LogP contribution in [-0.4, -0.2) is 48.5 Å². The van der Waals surface area contributed by atoms with Gasteiger partial charge in [-0.2, -0.15) is 4.98 Å². The van der Waals surface area contributed by atoms with Gasteiger partial charge in [-0.15, -0.1) is 0 Å². The fraction of sp³-hybridized carbons (Fsp3) is 0.371. The standard InChI is InChI=1S/C35H42N6O2/c1-23(2)25-15-19-27(20-16-25)37-34(43)29-10-6-5-9-26(29)21-32(42)36-22-24-13-17-28(18-14-24)38-35-39-31-12-8-7-11-30(31)33(40-35)41(3)4/h5-12,15-16,19-20,23-24,28H,13-14,17-18,21-22H2,1-4H3,(H,36,42)(H,37,43)(H,38,39,40)/t24-,28+. The van der Waals surface area contributed by atoms with Crippen LogP contribution >= 0.6 is 0 Å². The first kappa shape index (κ1) is 30.0. The molecule has 224 valence electrons. The van der Waals surface area contributed by atoms with Gasteiger partial charge in [-0.05, 0) is 79.0 Å². The number of hydrogen-bond donors (Lipinski definition) is 3. The van der Waals surface area contributed by atoms with Crippen LogP contribution in [0, 0.1) is 5.92 Å². The third-order valence-corrected chi connectivity index (χ3v) is 8.22. The lowest BCUT2D eigenvalue weighted by atomic mass is 9.86. The van der Waals surface area contributed by atoms with Gasteiger partial charge in [0.05, 0.1) is 11.9 Å². The number of nitrogens with zero attached hydrogens (tertiary/aromatic N) is 3. The lowest BCUT2D eigenvalue weighted by Gasteiger charge is -2.29. The highest BCUT2D eigenvalue weighted by atomic mass is 16.2. The molecule has 8 heteroatoms. The predicted molar refractivity (Wildman–Crippen MR) is 175 cm³/mol. The zero-order chi connectivity index (χ0) is 30.3. The molecule has 0 unspecified atom stereocenters. The maximum absolute atomic E-state index is 13.1. The van der Waals surface area contributed by atoms with Crippen LogP contribution in [0.5, 0.6) is 0 Å². The maximum Gasteiger partial charge on any atom is 0.255 e. The SMILES string of the molecule is CC(C)c1ccc(NC(=O)c2ccccc2CC(=O)NC[C@H]2CC[C@@H](Nc3nc(N(C)C)c4ccccc4n3)CC2)cc1. The van der Waals surface area contributed by atoms with Crippen molar-refractivity contribution in [2.45, 2.75) is 57.9 Å². The molecule has 0 radical (unpaired) electrons. The van der Waals surface area contributed by atoms with Gasteiger partial charge in [-0.25, -0.2) is 4.98 Å². The highest BCUT2D eigenvalue weighted by Crippen LogP contribution is 2.28. The highest BCUT2D eigenvalue weighted by molar-refractivity contribution is 6.06. The maximum atomic E-state index is 13.1. The van der Waals surface area contributed by atoms with Gasteiger partial charge in [0.1, 0.15) is 5.82 Å². The molecule has 1 aliphatic carbocycles. The number of rotatable bonds is 10. The van der Waals surface area contributed by atoms with Crippen LogP contribution in [0.2, 0.25) is 0 Å². The number of carbonyl (C=O) groups excluding carboxylic acids is 2. The quantitative estimate of drug-likeness (QED) is 0.201. The summed E-state index contributed by atoms with van der Waals surface area (Å²) < 4.78 is 0. The molecule has 1 heterocycles. The van der Waals surface area contributed by atoms with Crippen LogP contribution in [0.4, 0.5) is 17.5 Å². The number of para-hydroxylation sites is 1. The van der Waals surface area contributed by atoms with E-state index in [-0.39, 0.29) is 18.2 Å². The number of benzene rings is 3. The van der Waals surface area contributed by atoms with Gasteiger partial charge in [0.2, 0.25) is 11.9 Å². The Labute approximate surface area is 254 Å². The Hall–Kier alpha value is -4.46. The van der Waals surface area contributed by atoms with Gasteiger partial charge in [0, 0.05) is 43.3 Å². The van der Waals surface area contributed by atoms with Gasteiger partial charge in [-0.3, -0.25) is 9.59 Å². The second-order valence-electron chi connectivity index (χ2n) is 12.0. The fourth-order valence-electron chi connectivity index (χ4n) is 5.70. The zero-order valence-corrected chi connectivity index (χ0v) is 25.6. The number of aromatic nitrogens is 2. The van der Waals surface area contributed by atoms with E-state index in [9.17, 15) is 9.59 Å². The molecule has 43 heavy (non-hydrogen) atoms. The van der Waals surface area contributed by atoms with Gasteiger partial charge < -0.3 is 20.9 Å². The number of fused-ring (bicyclic) bond motifs is 1. The number of hydrogen-bond acceptors (Lipinski definition) is 6. The molecule has 0 atom stereocenters. The Morgan fingerprint density at radius 1 is 0.884 bits per heavy atom. The predicted octanol–water partition coefficient (Wildman–Crippen LogP) is 6.40. The first-order valence-electron chi connectivity index (χ1n) is 15.2. The Kier molecular flexibility index (Phi) is 9.55. The summed E-state index contributed by atoms with van der Waals surface area (Å²) >= 11 is 0. The van der Waals surface area contributed by atoms with Crippen LogP contribution in [0.25, 0.3) is 10.9 Å². The lowest BCUT2D eigenvalue weighted by molar-refractivity contribution is -0.120. The number of nitrogens with one attached hydrogen (secondary N) is 3. The first-order valence-corrected chi connectivity index (χ1v) is 15.2. The van der Waals surface area contributed by atoms with Crippen molar-refractivity contribution in [1.29, 1.82) is 0 Å². The largest absolute Gasteiger partial charge is 0.362 e. The molecule has 1 saturated carbocycles. The van der Waals surface area contributed by atoms with Crippen LogP contribution in [-0.2, 0) is 11.2 Å². The third-order valence-electron chi connectivity index (χ3n) is 8.22. The summed E-state index contributed by atoms with van der Waals surface area (Å²) in [5, 5.41) is 10.7. The van der Waals surface area contributed by atoms with E-state index in [1.807, 2.05) is 85.7 Å². The normalized spacial score (nSPS) is 16.6. The Morgan fingerprint density at radius 3 is 2.30 bits per heavy atom. The Bertz CT molecular complexity index is 1560. The summed E-state index contributed by atoms with van der Waals surface area (Å²) in [6.07, 6.45) is 4.19. The van der Waals surface area contributed by atoms with E-state index in [0.717, 1.165) is 53.7 Å². The van der Waals surface area contributed by atoms with E-state index in [1.54, 1.807) is 6.07 Å². The monoisotopic (exact) mass is 578 g/mol. The van der Waals surface area contributed by atoms with E-state index >= 15 is 0 Å². The molecule has 5 rings (SSSR count). The molecule has 0 saturated heterocycles. The minimum atomic E-state index is -0.209. The molecule has 2 amide bonds. The minimum absolute atomic E-state index is 0.0671. The van der Waals surface area contributed by atoms with E-state index < -0.39 is 0 Å². The van der Waals surface area contributed by atoms with Gasteiger partial charge in [0.25, 0.3) is 5.91 Å². The second-order valence-corrected chi connectivity index (χ2v) is 12.0. The van der Waals surface area contributed by atoms with Crippen molar-refractivity contribution in [2.24, 2.45) is 5.92 Å². The van der Waals surface area contributed by atoms with Crippen LogP contribution in [0.1, 0.15) is 66.9 Å². The zero-order valence-electron chi connectivity index (χ0n) is 25.6. The molecule has 3 N–H and O–H groups in total. The van der Waals surface area contributed by atoms with E-state index in [2.05, 4.69) is 29.8 Å². The summed E-state index contributed by atoms with van der Waals surface area (Å²) in [6, 6.07) is 23.6. The summed E-state index contributed by atoms with van der Waals surface area (Å²) in [5.74, 6) is 2.14. The van der Waals surface area contributed by atoms with Gasteiger partial charge in [0.15, 0.2) is 0 Å². The molecule has 4 aromatic rings. The number of carbonyl (C=O) groups is 2. The highest BCUT2D eigenvalue weighted by Gasteiger charge is 2.23. The van der Waals surface area contributed by atoms with Crippen molar-refractivity contribution < 1.29 is 9.59 Å². The smallest absolute Gasteiger partial charge is 0.255 e. The molecule has 0 bridgehead atoms. The average molecular weight is 579 g/mol. The van der Waals surface area contributed by atoms with Gasteiger partial charge in [-0.1, -0.05) is 56.3 Å². The van der Waals surface area contributed by atoms with E-state index in [4.69, 9.17) is 9.97 Å². The second kappa shape index (κ2) is 13.7. The number of anilines is 3. The number of amides is 2. The molecular formula is C35H42N6O2. The molecule has 8 nitrogen and oxygen atoms in total. The van der Waals surface area contributed by atoms with Crippen molar-refractivity contribution in [1.82, 2.24) is 15.3 Å². The molecule has 1 fully saturated rings. The van der Waals surface area contributed by atoms with Crippen LogP contribution in [0.3, 0.4) is 0 Å². The fourth-order valence-corrected chi connectivity index (χ4v) is 5.70.